The maximum atomic E-state index is 5.72. The predicted molar refractivity (Wildman–Crippen MR) is 109 cm³/mol. The van der Waals surface area contributed by atoms with Crippen molar-refractivity contribution in [3.8, 4) is 23.3 Å². The first-order valence-corrected chi connectivity index (χ1v) is 9.44. The number of allylic oxidation sites excluding steroid dienone is 1. The van der Waals surface area contributed by atoms with Crippen molar-refractivity contribution in [2.45, 2.75) is 39.5 Å². The van der Waals surface area contributed by atoms with E-state index >= 15 is 0 Å². The minimum atomic E-state index is 0.614. The van der Waals surface area contributed by atoms with E-state index in [4.69, 9.17) is 9.47 Å². The molecule has 2 heteroatoms. The van der Waals surface area contributed by atoms with Crippen LogP contribution in [0.5, 0.6) is 11.5 Å². The van der Waals surface area contributed by atoms with Crippen molar-refractivity contribution >= 4 is 0 Å². The first kappa shape index (κ1) is 19.7. The molecular weight excluding hydrogens is 320 g/mol. The molecule has 26 heavy (non-hydrogen) atoms. The highest BCUT2D eigenvalue weighted by atomic mass is 16.5. The molecule has 0 bridgehead atoms. The molecular formula is C24H28O2. The molecule has 0 N–H and O–H groups in total. The van der Waals surface area contributed by atoms with Gasteiger partial charge in [0.05, 0.1) is 6.61 Å². The van der Waals surface area contributed by atoms with Crippen LogP contribution in [-0.4, -0.2) is 13.2 Å². The molecule has 0 saturated heterocycles. The van der Waals surface area contributed by atoms with Gasteiger partial charge in [-0.25, -0.2) is 0 Å². The Morgan fingerprint density at radius 3 is 1.85 bits per heavy atom. The Bertz CT molecular complexity index is 716. The maximum Gasteiger partial charge on any atom is 0.119 e. The highest BCUT2D eigenvalue weighted by molar-refractivity contribution is 5.45. The van der Waals surface area contributed by atoms with E-state index in [1.54, 1.807) is 0 Å². The second kappa shape index (κ2) is 11.8. The molecule has 0 aliphatic heterocycles. The Morgan fingerprint density at radius 2 is 1.31 bits per heavy atom. The topological polar surface area (TPSA) is 18.5 Å². The van der Waals surface area contributed by atoms with Gasteiger partial charge in [0.2, 0.25) is 0 Å². The highest BCUT2D eigenvalue weighted by Gasteiger charge is 1.94. The molecule has 0 aliphatic rings. The minimum absolute atomic E-state index is 0.614. The third kappa shape index (κ3) is 7.49. The number of hydrogen-bond donors (Lipinski definition) is 0. The predicted octanol–water partition coefficient (Wildman–Crippen LogP) is 6.00. The van der Waals surface area contributed by atoms with E-state index < -0.39 is 0 Å². The molecule has 2 nitrogen and oxygen atoms in total. The van der Waals surface area contributed by atoms with Crippen LogP contribution in [0.15, 0.2) is 60.7 Å². The third-order valence-electron chi connectivity index (χ3n) is 3.86. The summed E-state index contributed by atoms with van der Waals surface area (Å²) in [6.07, 6.45) is 9.25. The Morgan fingerprint density at radius 1 is 0.731 bits per heavy atom. The van der Waals surface area contributed by atoms with Crippen molar-refractivity contribution in [1.82, 2.24) is 0 Å². The van der Waals surface area contributed by atoms with E-state index in [9.17, 15) is 0 Å². The number of ether oxygens (including phenoxy) is 2. The molecule has 0 amide bonds. The lowest BCUT2D eigenvalue weighted by Gasteiger charge is -2.03. The first-order valence-electron chi connectivity index (χ1n) is 9.44. The average Bonchev–Trinajstić information content (AvgIpc) is 2.68. The average molecular weight is 348 g/mol. The highest BCUT2D eigenvalue weighted by Crippen LogP contribution is 2.13. The van der Waals surface area contributed by atoms with Gasteiger partial charge in [0.1, 0.15) is 18.1 Å². The standard InChI is InChI=1S/C24H28O2/c1-3-5-6-7-8-9-20-26-24-18-14-22(15-19-24)11-10-21-12-16-23(17-13-21)25-4-2/h8-9,12-19H,3-7,20H2,1-2H3. The summed E-state index contributed by atoms with van der Waals surface area (Å²) in [5, 5.41) is 0. The number of benzene rings is 2. The summed E-state index contributed by atoms with van der Waals surface area (Å²) >= 11 is 0. The van der Waals surface area contributed by atoms with Gasteiger partial charge in [-0.05, 0) is 68.3 Å². The molecule has 0 unspecified atom stereocenters. The minimum Gasteiger partial charge on any atom is -0.494 e. The Hall–Kier alpha value is -2.66. The van der Waals surface area contributed by atoms with Crippen molar-refractivity contribution in [1.29, 1.82) is 0 Å². The summed E-state index contributed by atoms with van der Waals surface area (Å²) in [5.74, 6) is 8.09. The molecule has 0 fully saturated rings. The van der Waals surface area contributed by atoms with Gasteiger partial charge in [0.15, 0.2) is 0 Å². The van der Waals surface area contributed by atoms with E-state index in [1.165, 1.54) is 19.3 Å². The van der Waals surface area contributed by atoms with Crippen LogP contribution in [-0.2, 0) is 0 Å². The Labute approximate surface area is 157 Å². The Kier molecular flexibility index (Phi) is 8.94. The largest absolute Gasteiger partial charge is 0.494 e. The van der Waals surface area contributed by atoms with Crippen LogP contribution in [0.4, 0.5) is 0 Å². The fourth-order valence-corrected chi connectivity index (χ4v) is 2.42. The van der Waals surface area contributed by atoms with Gasteiger partial charge in [-0.2, -0.15) is 0 Å². The SMILES string of the molecule is CCCCCC=CCOc1ccc(C#Cc2ccc(OCC)cc2)cc1. The molecule has 0 radical (unpaired) electrons. The monoisotopic (exact) mass is 348 g/mol. The molecule has 0 spiro atoms. The Balaban J connectivity index is 1.80. The van der Waals surface area contributed by atoms with Crippen molar-refractivity contribution in [3.05, 3.63) is 71.8 Å². The fourth-order valence-electron chi connectivity index (χ4n) is 2.42. The molecule has 0 saturated carbocycles. The van der Waals surface area contributed by atoms with Gasteiger partial charge >= 0.3 is 0 Å². The van der Waals surface area contributed by atoms with E-state index in [1.807, 2.05) is 55.5 Å². The van der Waals surface area contributed by atoms with E-state index in [2.05, 4.69) is 30.9 Å². The fraction of sp³-hybridized carbons (Fsp3) is 0.333. The summed E-state index contributed by atoms with van der Waals surface area (Å²) < 4.78 is 11.2. The smallest absolute Gasteiger partial charge is 0.119 e. The van der Waals surface area contributed by atoms with Crippen LogP contribution in [0, 0.1) is 11.8 Å². The molecule has 2 aromatic rings. The second-order valence-electron chi connectivity index (χ2n) is 6.01. The van der Waals surface area contributed by atoms with Crippen molar-refractivity contribution in [2.24, 2.45) is 0 Å². The molecule has 2 aromatic carbocycles. The molecule has 0 heterocycles. The van der Waals surface area contributed by atoms with Gasteiger partial charge in [0.25, 0.3) is 0 Å². The maximum absolute atomic E-state index is 5.72. The molecule has 136 valence electrons. The van der Waals surface area contributed by atoms with Gasteiger partial charge in [-0.1, -0.05) is 43.8 Å². The third-order valence-corrected chi connectivity index (χ3v) is 3.86. The van der Waals surface area contributed by atoms with Crippen LogP contribution in [0.1, 0.15) is 50.7 Å². The lowest BCUT2D eigenvalue weighted by molar-refractivity contribution is 0.340. The van der Waals surface area contributed by atoms with Crippen LogP contribution in [0.3, 0.4) is 0 Å². The van der Waals surface area contributed by atoms with Gasteiger partial charge < -0.3 is 9.47 Å². The second-order valence-corrected chi connectivity index (χ2v) is 6.01. The van der Waals surface area contributed by atoms with E-state index in [0.29, 0.717) is 13.2 Å². The summed E-state index contributed by atoms with van der Waals surface area (Å²) in [6, 6.07) is 15.7. The van der Waals surface area contributed by atoms with Gasteiger partial charge in [-0.15, -0.1) is 0 Å². The molecule has 0 atom stereocenters. The number of unbranched alkanes of at least 4 members (excludes halogenated alkanes) is 3. The van der Waals surface area contributed by atoms with Gasteiger partial charge in [0, 0.05) is 11.1 Å². The summed E-state index contributed by atoms with van der Waals surface area (Å²) in [7, 11) is 0. The van der Waals surface area contributed by atoms with Crippen molar-refractivity contribution < 1.29 is 9.47 Å². The first-order chi connectivity index (χ1) is 12.8. The van der Waals surface area contributed by atoms with E-state index in [-0.39, 0.29) is 0 Å². The van der Waals surface area contributed by atoms with Crippen molar-refractivity contribution in [3.63, 3.8) is 0 Å². The zero-order chi connectivity index (χ0) is 18.5. The molecule has 2 rings (SSSR count). The van der Waals surface area contributed by atoms with Crippen LogP contribution in [0.2, 0.25) is 0 Å². The summed E-state index contributed by atoms with van der Waals surface area (Å²) in [5.41, 5.74) is 1.95. The van der Waals surface area contributed by atoms with Crippen LogP contribution < -0.4 is 9.47 Å². The molecule has 0 aliphatic carbocycles. The normalized spacial score (nSPS) is 10.4. The molecule has 0 aromatic heterocycles. The van der Waals surface area contributed by atoms with E-state index in [0.717, 1.165) is 29.0 Å². The summed E-state index contributed by atoms with van der Waals surface area (Å²) in [4.78, 5) is 0. The number of hydrogen-bond acceptors (Lipinski definition) is 2. The zero-order valence-electron chi connectivity index (χ0n) is 15.8. The zero-order valence-corrected chi connectivity index (χ0v) is 15.8. The van der Waals surface area contributed by atoms with Crippen LogP contribution >= 0.6 is 0 Å². The number of rotatable bonds is 9. The lowest BCUT2D eigenvalue weighted by Crippen LogP contribution is -1.93. The lowest BCUT2D eigenvalue weighted by atomic mass is 10.2. The summed E-state index contributed by atoms with van der Waals surface area (Å²) in [6.45, 7) is 5.49. The van der Waals surface area contributed by atoms with Gasteiger partial charge in [-0.3, -0.25) is 0 Å². The van der Waals surface area contributed by atoms with Crippen molar-refractivity contribution in [2.75, 3.05) is 13.2 Å². The van der Waals surface area contributed by atoms with Crippen LogP contribution in [0.25, 0.3) is 0 Å². The quantitative estimate of drug-likeness (QED) is 0.314.